The highest BCUT2D eigenvalue weighted by atomic mass is 35.5. The molecule has 0 spiro atoms. The first-order chi connectivity index (χ1) is 10.2. The van der Waals surface area contributed by atoms with E-state index in [9.17, 15) is 13.2 Å². The molecule has 0 aromatic heterocycles. The molecule has 0 bridgehead atoms. The molecule has 1 N–H and O–H groups in total. The quantitative estimate of drug-likeness (QED) is 0.487. The third-order valence-electron chi connectivity index (χ3n) is 2.43. The van der Waals surface area contributed by atoms with Crippen LogP contribution in [0.4, 0.5) is 0 Å². The van der Waals surface area contributed by atoms with Crippen molar-refractivity contribution in [3.8, 4) is 11.5 Å². The number of nitrogens with one attached hydrogen (secondary N) is 1. The number of methoxy groups -OCH3 is 1. The predicted molar refractivity (Wildman–Crippen MR) is 89.8 cm³/mol. The molecule has 1 saturated heterocycles. The molecule has 0 saturated carbocycles. The van der Waals surface area contributed by atoms with Crippen molar-refractivity contribution in [2.75, 3.05) is 13.4 Å². The van der Waals surface area contributed by atoms with E-state index in [0.29, 0.717) is 14.8 Å². The number of ether oxygens (including phenoxy) is 1. The lowest BCUT2D eigenvalue weighted by Crippen LogP contribution is -2.17. The van der Waals surface area contributed by atoms with Gasteiger partial charge in [0, 0.05) is 0 Å². The summed E-state index contributed by atoms with van der Waals surface area (Å²) in [6.07, 6.45) is 2.47. The van der Waals surface area contributed by atoms with Crippen LogP contribution in [0, 0.1) is 0 Å². The highest BCUT2D eigenvalue weighted by Crippen LogP contribution is 2.38. The minimum Gasteiger partial charge on any atom is -0.493 e. The van der Waals surface area contributed by atoms with Gasteiger partial charge in [0.15, 0.2) is 5.75 Å². The third-order valence-corrected chi connectivity index (χ3v) is 4.34. The summed E-state index contributed by atoms with van der Waals surface area (Å²) in [5.74, 6) is -0.273. The zero-order valence-electron chi connectivity index (χ0n) is 11.4. The van der Waals surface area contributed by atoms with Crippen LogP contribution in [0.1, 0.15) is 5.56 Å². The van der Waals surface area contributed by atoms with Crippen LogP contribution >= 0.6 is 35.6 Å². The Labute approximate surface area is 141 Å². The first-order valence-corrected chi connectivity index (χ1v) is 9.13. The summed E-state index contributed by atoms with van der Waals surface area (Å²) in [6.45, 7) is 0. The van der Waals surface area contributed by atoms with Crippen molar-refractivity contribution in [2.45, 2.75) is 0 Å². The molecule has 118 valence electrons. The molecule has 1 aliphatic heterocycles. The smallest absolute Gasteiger partial charge is 0.306 e. The molecule has 1 fully saturated rings. The molecule has 6 nitrogen and oxygen atoms in total. The van der Waals surface area contributed by atoms with E-state index >= 15 is 0 Å². The molecule has 0 unspecified atom stereocenters. The molecule has 0 radical (unpaired) electrons. The lowest BCUT2D eigenvalue weighted by molar-refractivity contribution is -0.115. The molecule has 0 aliphatic carbocycles. The highest BCUT2D eigenvalue weighted by molar-refractivity contribution is 8.26. The molecular formula is C12H10ClNO5S3. The van der Waals surface area contributed by atoms with Gasteiger partial charge in [-0.2, -0.15) is 8.42 Å². The first-order valence-electron chi connectivity index (χ1n) is 5.71. The summed E-state index contributed by atoms with van der Waals surface area (Å²) in [5, 5.41) is 2.54. The van der Waals surface area contributed by atoms with Gasteiger partial charge in [-0.1, -0.05) is 35.6 Å². The van der Waals surface area contributed by atoms with Crippen LogP contribution in [-0.4, -0.2) is 32.0 Å². The minimum absolute atomic E-state index is 0.0441. The molecule has 1 amide bonds. The minimum atomic E-state index is -3.75. The topological polar surface area (TPSA) is 81.7 Å². The molecule has 0 atom stereocenters. The van der Waals surface area contributed by atoms with Gasteiger partial charge in [0.25, 0.3) is 5.91 Å². The Morgan fingerprint density at radius 2 is 2.09 bits per heavy atom. The zero-order chi connectivity index (χ0) is 16.5. The van der Waals surface area contributed by atoms with Gasteiger partial charge in [-0.05, 0) is 23.8 Å². The van der Waals surface area contributed by atoms with Gasteiger partial charge < -0.3 is 14.2 Å². The van der Waals surface area contributed by atoms with E-state index in [1.807, 2.05) is 0 Å². The van der Waals surface area contributed by atoms with E-state index < -0.39 is 10.1 Å². The molecule has 1 aromatic rings. The maximum Gasteiger partial charge on any atom is 0.306 e. The van der Waals surface area contributed by atoms with Crippen LogP contribution in [-0.2, 0) is 14.9 Å². The molecule has 1 heterocycles. The van der Waals surface area contributed by atoms with Crippen LogP contribution in [0.5, 0.6) is 11.5 Å². The van der Waals surface area contributed by atoms with Gasteiger partial charge in [0.1, 0.15) is 4.32 Å². The van der Waals surface area contributed by atoms with E-state index in [1.54, 1.807) is 6.08 Å². The second kappa shape index (κ2) is 6.45. The number of thioether (sulfide) groups is 1. The van der Waals surface area contributed by atoms with Gasteiger partial charge in [0.05, 0.1) is 23.3 Å². The van der Waals surface area contributed by atoms with E-state index in [-0.39, 0.29) is 22.4 Å². The van der Waals surface area contributed by atoms with Crippen molar-refractivity contribution in [1.29, 1.82) is 0 Å². The van der Waals surface area contributed by atoms with Crippen molar-refractivity contribution in [1.82, 2.24) is 5.32 Å². The largest absolute Gasteiger partial charge is 0.493 e. The Bertz CT molecular complexity index is 788. The van der Waals surface area contributed by atoms with Gasteiger partial charge >= 0.3 is 10.1 Å². The number of hydrogen-bond acceptors (Lipinski definition) is 7. The van der Waals surface area contributed by atoms with Crippen molar-refractivity contribution < 1.29 is 22.1 Å². The molecule has 1 aromatic carbocycles. The van der Waals surface area contributed by atoms with E-state index in [0.717, 1.165) is 18.0 Å². The average molecular weight is 380 g/mol. The fourth-order valence-electron chi connectivity index (χ4n) is 1.63. The Kier molecular flexibility index (Phi) is 5.00. The van der Waals surface area contributed by atoms with Crippen molar-refractivity contribution in [2.24, 2.45) is 0 Å². The van der Waals surface area contributed by atoms with Crippen LogP contribution < -0.4 is 14.2 Å². The second-order valence-corrected chi connectivity index (χ2v) is 7.87. The SMILES string of the molecule is COc1cc(/C=C2\SC(=S)NC2=O)cc(Cl)c1OS(C)(=O)=O. The summed E-state index contributed by atoms with van der Waals surface area (Å²) in [7, 11) is -2.40. The van der Waals surface area contributed by atoms with Gasteiger partial charge in [-0.25, -0.2) is 0 Å². The Balaban J connectivity index is 2.44. The number of halogens is 1. The third kappa shape index (κ3) is 4.13. The standard InChI is InChI=1S/C12H10ClNO5S3/c1-18-8-4-6(5-9-11(15)14-12(20)21-9)3-7(13)10(8)19-22(2,16)17/h3-5H,1-2H3,(H,14,15,20)/b9-5-. The summed E-state index contributed by atoms with van der Waals surface area (Å²) < 4.78 is 32.8. The Hall–Kier alpha value is -1.29. The fraction of sp³-hybridized carbons (Fsp3) is 0.167. The maximum atomic E-state index is 11.6. The van der Waals surface area contributed by atoms with E-state index in [4.69, 9.17) is 32.7 Å². The predicted octanol–water partition coefficient (Wildman–Crippen LogP) is 2.18. The van der Waals surface area contributed by atoms with Crippen molar-refractivity contribution in [3.63, 3.8) is 0 Å². The summed E-state index contributed by atoms with van der Waals surface area (Å²) in [5.41, 5.74) is 0.546. The van der Waals surface area contributed by atoms with E-state index in [1.165, 1.54) is 19.2 Å². The number of amides is 1. The monoisotopic (exact) mass is 379 g/mol. The number of thiocarbonyl (C=S) groups is 1. The fourth-order valence-corrected chi connectivity index (χ4v) is 3.45. The lowest BCUT2D eigenvalue weighted by Gasteiger charge is -2.11. The molecule has 22 heavy (non-hydrogen) atoms. The summed E-state index contributed by atoms with van der Waals surface area (Å²) in [4.78, 5) is 12.0. The summed E-state index contributed by atoms with van der Waals surface area (Å²) >= 11 is 12.1. The number of carbonyl (C=O) groups is 1. The van der Waals surface area contributed by atoms with Crippen LogP contribution in [0.15, 0.2) is 17.0 Å². The lowest BCUT2D eigenvalue weighted by atomic mass is 10.2. The van der Waals surface area contributed by atoms with Gasteiger partial charge in [0.2, 0.25) is 5.75 Å². The van der Waals surface area contributed by atoms with Gasteiger partial charge in [-0.3, -0.25) is 4.79 Å². The number of hydrogen-bond donors (Lipinski definition) is 1. The highest BCUT2D eigenvalue weighted by Gasteiger charge is 2.23. The number of benzene rings is 1. The Morgan fingerprint density at radius 1 is 1.41 bits per heavy atom. The maximum absolute atomic E-state index is 11.6. The molecular weight excluding hydrogens is 370 g/mol. The normalized spacial score (nSPS) is 16.8. The van der Waals surface area contributed by atoms with Crippen LogP contribution in [0.2, 0.25) is 5.02 Å². The van der Waals surface area contributed by atoms with Crippen LogP contribution in [0.25, 0.3) is 6.08 Å². The second-order valence-electron chi connectivity index (χ2n) is 4.17. The molecule has 1 aliphatic rings. The van der Waals surface area contributed by atoms with E-state index in [2.05, 4.69) is 5.32 Å². The average Bonchev–Trinajstić information content (AvgIpc) is 2.69. The van der Waals surface area contributed by atoms with Crippen LogP contribution in [0.3, 0.4) is 0 Å². The number of rotatable bonds is 4. The van der Waals surface area contributed by atoms with Crippen molar-refractivity contribution in [3.05, 3.63) is 27.6 Å². The zero-order valence-corrected chi connectivity index (χ0v) is 14.6. The van der Waals surface area contributed by atoms with Crippen molar-refractivity contribution >= 4 is 62.0 Å². The Morgan fingerprint density at radius 3 is 2.59 bits per heavy atom. The summed E-state index contributed by atoms with van der Waals surface area (Å²) in [6, 6.07) is 2.97. The number of carbonyl (C=O) groups excluding carboxylic acids is 1. The van der Waals surface area contributed by atoms with Gasteiger partial charge in [-0.15, -0.1) is 0 Å². The molecule has 10 heteroatoms. The first kappa shape index (κ1) is 17.1. The molecule has 2 rings (SSSR count).